The summed E-state index contributed by atoms with van der Waals surface area (Å²) >= 11 is 0. The van der Waals surface area contributed by atoms with Crippen LogP contribution in [0.3, 0.4) is 0 Å². The summed E-state index contributed by atoms with van der Waals surface area (Å²) in [5, 5.41) is 10.2. The molecule has 25 heavy (non-hydrogen) atoms. The van der Waals surface area contributed by atoms with Crippen LogP contribution in [0.4, 0.5) is 0 Å². The van der Waals surface area contributed by atoms with Crippen molar-refractivity contribution in [2.24, 2.45) is 0 Å². The molecule has 0 aliphatic rings. The number of carbonyl (C=O) groups excluding carboxylic acids is 1. The standard InChI is InChI=1S/C18H34O5S.Na/c19-18(20)16-14-12-10-8-6-4-2-1-3-5-7-9-11-13-15-17-24(21,22)23;/h1-2H,3-17H2,(H,19,20)(H,21,22,23);/q;+1/p-1/b2-1+;. The topological polar surface area (TPSA) is 94.5 Å². The minimum Gasteiger partial charge on any atom is -0.550 e. The number of hydrogen-bond donors (Lipinski definition) is 1. The number of carboxylic acid groups (broad SMARTS) is 1. The average molecular weight is 385 g/mol. The Morgan fingerprint density at radius 1 is 0.760 bits per heavy atom. The second-order valence-corrected chi connectivity index (χ2v) is 7.92. The Morgan fingerprint density at radius 2 is 1.16 bits per heavy atom. The predicted molar refractivity (Wildman–Crippen MR) is 95.2 cm³/mol. The van der Waals surface area contributed by atoms with Gasteiger partial charge in [0.25, 0.3) is 10.1 Å². The molecule has 0 radical (unpaired) electrons. The average Bonchev–Trinajstić information content (AvgIpc) is 2.49. The second kappa shape index (κ2) is 18.9. The largest absolute Gasteiger partial charge is 1.00 e. The molecule has 5 nitrogen and oxygen atoms in total. The van der Waals surface area contributed by atoms with Crippen molar-refractivity contribution in [3.05, 3.63) is 12.2 Å². The van der Waals surface area contributed by atoms with Crippen LogP contribution in [0.2, 0.25) is 0 Å². The number of carbonyl (C=O) groups is 1. The minimum atomic E-state index is -3.78. The summed E-state index contributed by atoms with van der Waals surface area (Å²) in [6, 6.07) is 0. The van der Waals surface area contributed by atoms with Crippen LogP contribution in [0.5, 0.6) is 0 Å². The summed E-state index contributed by atoms with van der Waals surface area (Å²) in [5.41, 5.74) is 0. The van der Waals surface area contributed by atoms with E-state index >= 15 is 0 Å². The van der Waals surface area contributed by atoms with Gasteiger partial charge in [-0.3, -0.25) is 4.55 Å². The number of rotatable bonds is 17. The van der Waals surface area contributed by atoms with E-state index in [1.807, 2.05) is 0 Å². The van der Waals surface area contributed by atoms with Gasteiger partial charge >= 0.3 is 29.6 Å². The van der Waals surface area contributed by atoms with Crippen molar-refractivity contribution in [1.82, 2.24) is 0 Å². The molecule has 0 aliphatic heterocycles. The van der Waals surface area contributed by atoms with Crippen LogP contribution in [0, 0.1) is 0 Å². The number of unbranched alkanes of at least 4 members (excludes halogenated alkanes) is 11. The van der Waals surface area contributed by atoms with E-state index in [1.54, 1.807) is 0 Å². The maximum atomic E-state index is 10.5. The Balaban J connectivity index is 0. The fourth-order valence-electron chi connectivity index (χ4n) is 2.55. The molecular formula is C18H33NaO5S. The zero-order valence-corrected chi connectivity index (χ0v) is 18.6. The van der Waals surface area contributed by atoms with Gasteiger partial charge < -0.3 is 9.90 Å². The zero-order valence-electron chi connectivity index (χ0n) is 15.7. The molecular weight excluding hydrogens is 351 g/mol. The summed E-state index contributed by atoms with van der Waals surface area (Å²) in [6.45, 7) is 0. The first-order chi connectivity index (χ1) is 11.4. The summed E-state index contributed by atoms with van der Waals surface area (Å²) < 4.78 is 29.6. The van der Waals surface area contributed by atoms with Gasteiger partial charge in [0.15, 0.2) is 0 Å². The quantitative estimate of drug-likeness (QED) is 0.172. The summed E-state index contributed by atoms with van der Waals surface area (Å²) in [4.78, 5) is 10.2. The molecule has 0 aromatic carbocycles. The molecule has 0 saturated heterocycles. The van der Waals surface area contributed by atoms with Crippen LogP contribution in [0.25, 0.3) is 0 Å². The van der Waals surface area contributed by atoms with Crippen LogP contribution < -0.4 is 34.7 Å². The molecule has 0 aromatic rings. The minimum absolute atomic E-state index is 0. The van der Waals surface area contributed by atoms with Crippen molar-refractivity contribution in [1.29, 1.82) is 0 Å². The second-order valence-electron chi connectivity index (χ2n) is 6.35. The first-order valence-corrected chi connectivity index (χ1v) is 10.8. The molecule has 0 saturated carbocycles. The Bertz CT molecular complexity index is 435. The number of carboxylic acids is 1. The van der Waals surface area contributed by atoms with E-state index in [4.69, 9.17) is 4.55 Å². The molecule has 0 heterocycles. The number of aliphatic carboxylic acids is 1. The SMILES string of the molecule is O=C([O-])CCCCCCC/C=C/CCCCCCCCS(=O)(=O)O.[Na+]. The van der Waals surface area contributed by atoms with Crippen molar-refractivity contribution in [3.63, 3.8) is 0 Å². The van der Waals surface area contributed by atoms with Gasteiger partial charge in [0.05, 0.1) is 5.75 Å². The van der Waals surface area contributed by atoms with E-state index in [2.05, 4.69) is 12.2 Å². The Hall–Kier alpha value is 0.120. The molecule has 1 N–H and O–H groups in total. The molecule has 0 bridgehead atoms. The van der Waals surface area contributed by atoms with Crippen LogP contribution >= 0.6 is 0 Å². The first-order valence-electron chi connectivity index (χ1n) is 9.22. The van der Waals surface area contributed by atoms with E-state index in [0.29, 0.717) is 6.42 Å². The van der Waals surface area contributed by atoms with Crippen LogP contribution in [0.15, 0.2) is 12.2 Å². The van der Waals surface area contributed by atoms with Crippen LogP contribution in [-0.2, 0) is 14.9 Å². The van der Waals surface area contributed by atoms with Gasteiger partial charge in [-0.25, -0.2) is 0 Å². The smallest absolute Gasteiger partial charge is 0.550 e. The third kappa shape index (κ3) is 26.5. The van der Waals surface area contributed by atoms with Crippen molar-refractivity contribution in [2.45, 2.75) is 89.9 Å². The van der Waals surface area contributed by atoms with Gasteiger partial charge in [-0.1, -0.05) is 57.1 Å². The Labute approximate surface area is 175 Å². The fraction of sp³-hybridized carbons (Fsp3) is 0.833. The molecule has 142 valence electrons. The maximum Gasteiger partial charge on any atom is 1.00 e. The summed E-state index contributed by atoms with van der Waals surface area (Å²) in [5.74, 6) is -1.07. The monoisotopic (exact) mass is 384 g/mol. The van der Waals surface area contributed by atoms with Crippen molar-refractivity contribution >= 4 is 16.1 Å². The molecule has 7 heteroatoms. The fourth-order valence-corrected chi connectivity index (χ4v) is 3.12. The van der Waals surface area contributed by atoms with Crippen molar-refractivity contribution in [3.8, 4) is 0 Å². The Morgan fingerprint density at radius 3 is 1.60 bits per heavy atom. The zero-order chi connectivity index (χ0) is 18.1. The van der Waals surface area contributed by atoms with Crippen molar-refractivity contribution < 1.29 is 52.4 Å². The summed E-state index contributed by atoms with van der Waals surface area (Å²) in [7, 11) is -3.78. The number of allylic oxidation sites excluding steroid dienone is 2. The van der Waals surface area contributed by atoms with Crippen LogP contribution in [-0.4, -0.2) is 24.7 Å². The molecule has 0 rings (SSSR count). The van der Waals surface area contributed by atoms with Gasteiger partial charge in [0, 0.05) is 5.97 Å². The first kappa shape index (κ1) is 27.3. The number of hydrogen-bond acceptors (Lipinski definition) is 4. The van der Waals surface area contributed by atoms with Gasteiger partial charge in [-0.05, 0) is 44.9 Å². The van der Waals surface area contributed by atoms with E-state index in [1.165, 1.54) is 0 Å². The van der Waals surface area contributed by atoms with E-state index in [-0.39, 0.29) is 41.7 Å². The normalized spacial score (nSPS) is 11.6. The van der Waals surface area contributed by atoms with Gasteiger partial charge in [0.2, 0.25) is 0 Å². The molecule has 0 amide bonds. The van der Waals surface area contributed by atoms with Gasteiger partial charge in [-0.2, -0.15) is 8.42 Å². The van der Waals surface area contributed by atoms with Gasteiger partial charge in [-0.15, -0.1) is 0 Å². The molecule has 0 aliphatic carbocycles. The third-order valence-electron chi connectivity index (χ3n) is 3.94. The molecule has 0 unspecified atom stereocenters. The van der Waals surface area contributed by atoms with E-state index in [9.17, 15) is 18.3 Å². The molecule has 0 atom stereocenters. The summed E-state index contributed by atoms with van der Waals surface area (Å²) in [6.07, 6.45) is 17.8. The molecule has 0 fully saturated rings. The van der Waals surface area contributed by atoms with E-state index in [0.717, 1.165) is 77.0 Å². The molecule has 0 spiro atoms. The van der Waals surface area contributed by atoms with Gasteiger partial charge in [0.1, 0.15) is 0 Å². The van der Waals surface area contributed by atoms with Crippen LogP contribution in [0.1, 0.15) is 89.9 Å². The Kier molecular flexibility index (Phi) is 20.7. The van der Waals surface area contributed by atoms with E-state index < -0.39 is 16.1 Å². The third-order valence-corrected chi connectivity index (χ3v) is 4.75. The maximum absolute atomic E-state index is 10.5. The predicted octanol–water partition coefficient (Wildman–Crippen LogP) is 0.646. The molecule has 0 aromatic heterocycles. The van der Waals surface area contributed by atoms with Crippen molar-refractivity contribution in [2.75, 3.05) is 5.75 Å².